The third-order valence-corrected chi connectivity index (χ3v) is 3.55. The van der Waals surface area contributed by atoms with E-state index in [-0.39, 0.29) is 0 Å². The fourth-order valence-corrected chi connectivity index (χ4v) is 2.11. The van der Waals surface area contributed by atoms with Gasteiger partial charge in [-0.05, 0) is 50.7 Å². The van der Waals surface area contributed by atoms with Gasteiger partial charge in [0.05, 0.1) is 11.4 Å². The van der Waals surface area contributed by atoms with Crippen LogP contribution in [0.5, 0.6) is 0 Å². The summed E-state index contributed by atoms with van der Waals surface area (Å²) in [5, 5.41) is 0. The van der Waals surface area contributed by atoms with E-state index in [0.717, 1.165) is 29.2 Å². The molecule has 3 nitrogen and oxygen atoms in total. The third kappa shape index (κ3) is 1.99. The van der Waals surface area contributed by atoms with E-state index in [1.165, 1.54) is 32.2 Å². The number of rotatable bonds is 4. The van der Waals surface area contributed by atoms with Crippen molar-refractivity contribution in [1.82, 2.24) is 4.98 Å². The number of anilines is 2. The molecule has 2 N–H and O–H groups in total. The fourth-order valence-electron chi connectivity index (χ4n) is 2.11. The SMILES string of the molecule is Cc1nc(N(CC2CC2)C2CC2)ccc1N. The van der Waals surface area contributed by atoms with Gasteiger partial charge in [0, 0.05) is 12.6 Å². The van der Waals surface area contributed by atoms with Gasteiger partial charge in [0.25, 0.3) is 0 Å². The van der Waals surface area contributed by atoms with Crippen molar-refractivity contribution in [2.24, 2.45) is 5.92 Å². The molecule has 0 aromatic carbocycles. The zero-order valence-electron chi connectivity index (χ0n) is 9.82. The van der Waals surface area contributed by atoms with Crippen LogP contribution in [0, 0.1) is 12.8 Å². The highest BCUT2D eigenvalue weighted by atomic mass is 15.2. The fraction of sp³-hybridized carbons (Fsp3) is 0.615. The lowest BCUT2D eigenvalue weighted by Gasteiger charge is -2.24. The second-order valence-corrected chi connectivity index (χ2v) is 5.17. The van der Waals surface area contributed by atoms with E-state index in [4.69, 9.17) is 5.73 Å². The molecule has 0 radical (unpaired) electrons. The standard InChI is InChI=1S/C13H19N3/c1-9-12(14)6-7-13(15-9)16(11-4-5-11)8-10-2-3-10/h6-7,10-11H,2-5,8,14H2,1H3. The maximum Gasteiger partial charge on any atom is 0.129 e. The van der Waals surface area contributed by atoms with Crippen LogP contribution in [-0.2, 0) is 0 Å². The highest BCUT2D eigenvalue weighted by molar-refractivity contribution is 5.51. The lowest BCUT2D eigenvalue weighted by Crippen LogP contribution is -2.29. The number of hydrogen-bond acceptors (Lipinski definition) is 3. The Morgan fingerprint density at radius 1 is 1.31 bits per heavy atom. The Bertz CT molecular complexity index is 394. The van der Waals surface area contributed by atoms with E-state index in [9.17, 15) is 0 Å². The van der Waals surface area contributed by atoms with Gasteiger partial charge in [0.1, 0.15) is 5.82 Å². The Kier molecular flexibility index (Phi) is 2.27. The van der Waals surface area contributed by atoms with Crippen LogP contribution < -0.4 is 10.6 Å². The Balaban J connectivity index is 1.82. The predicted octanol–water partition coefficient (Wildman–Crippen LogP) is 2.35. The maximum atomic E-state index is 5.81. The summed E-state index contributed by atoms with van der Waals surface area (Å²) in [6, 6.07) is 4.80. The minimum atomic E-state index is 0.746. The van der Waals surface area contributed by atoms with E-state index in [1.54, 1.807) is 0 Å². The zero-order valence-corrected chi connectivity index (χ0v) is 9.82. The summed E-state index contributed by atoms with van der Waals surface area (Å²) >= 11 is 0. The largest absolute Gasteiger partial charge is 0.397 e. The van der Waals surface area contributed by atoms with E-state index < -0.39 is 0 Å². The molecule has 0 amide bonds. The molecule has 0 spiro atoms. The summed E-state index contributed by atoms with van der Waals surface area (Å²) in [6.07, 6.45) is 5.46. The van der Waals surface area contributed by atoms with Crippen LogP contribution in [0.2, 0.25) is 0 Å². The Morgan fingerprint density at radius 2 is 2.06 bits per heavy atom. The minimum absolute atomic E-state index is 0.746. The maximum absolute atomic E-state index is 5.81. The summed E-state index contributed by atoms with van der Waals surface area (Å²) in [5.41, 5.74) is 7.57. The van der Waals surface area contributed by atoms with E-state index in [0.29, 0.717) is 0 Å². The van der Waals surface area contributed by atoms with Crippen molar-refractivity contribution < 1.29 is 0 Å². The average molecular weight is 217 g/mol. The molecule has 1 heterocycles. The topological polar surface area (TPSA) is 42.2 Å². The van der Waals surface area contributed by atoms with Crippen LogP contribution in [0.3, 0.4) is 0 Å². The van der Waals surface area contributed by atoms with Crippen molar-refractivity contribution in [3.05, 3.63) is 17.8 Å². The lowest BCUT2D eigenvalue weighted by molar-refractivity contribution is 0.708. The lowest BCUT2D eigenvalue weighted by atomic mass is 10.3. The molecule has 0 bridgehead atoms. The number of pyridine rings is 1. The molecule has 3 rings (SSSR count). The number of nitrogens with zero attached hydrogens (tertiary/aromatic N) is 2. The van der Waals surface area contributed by atoms with Gasteiger partial charge < -0.3 is 10.6 Å². The first-order valence-corrected chi connectivity index (χ1v) is 6.24. The van der Waals surface area contributed by atoms with Gasteiger partial charge in [-0.15, -0.1) is 0 Å². The van der Waals surface area contributed by atoms with Gasteiger partial charge in [-0.25, -0.2) is 4.98 Å². The molecule has 0 saturated heterocycles. The Labute approximate surface area is 96.7 Å². The summed E-state index contributed by atoms with van der Waals surface area (Å²) in [6.45, 7) is 3.18. The van der Waals surface area contributed by atoms with E-state index >= 15 is 0 Å². The number of hydrogen-bond donors (Lipinski definition) is 1. The number of nitrogen functional groups attached to an aromatic ring is 1. The van der Waals surface area contributed by atoms with Crippen LogP contribution in [0.15, 0.2) is 12.1 Å². The van der Waals surface area contributed by atoms with Crippen LogP contribution in [0.25, 0.3) is 0 Å². The molecule has 2 saturated carbocycles. The van der Waals surface area contributed by atoms with Gasteiger partial charge in [-0.2, -0.15) is 0 Å². The molecule has 86 valence electrons. The molecule has 2 fully saturated rings. The summed E-state index contributed by atoms with van der Waals surface area (Å²) in [5.74, 6) is 2.04. The molecular weight excluding hydrogens is 198 g/mol. The molecule has 0 unspecified atom stereocenters. The van der Waals surface area contributed by atoms with Crippen molar-refractivity contribution in [3.8, 4) is 0 Å². The van der Waals surface area contributed by atoms with Crippen molar-refractivity contribution in [2.75, 3.05) is 17.2 Å². The normalized spacial score (nSPS) is 19.8. The van der Waals surface area contributed by atoms with Crippen LogP contribution in [0.4, 0.5) is 11.5 Å². The molecule has 1 aromatic rings. The number of aromatic nitrogens is 1. The van der Waals surface area contributed by atoms with Crippen molar-refractivity contribution in [2.45, 2.75) is 38.6 Å². The van der Waals surface area contributed by atoms with Gasteiger partial charge >= 0.3 is 0 Å². The van der Waals surface area contributed by atoms with Gasteiger partial charge in [-0.1, -0.05) is 0 Å². The highest BCUT2D eigenvalue weighted by Crippen LogP contribution is 2.37. The van der Waals surface area contributed by atoms with Crippen molar-refractivity contribution >= 4 is 11.5 Å². The Morgan fingerprint density at radius 3 is 2.62 bits per heavy atom. The molecule has 1 aromatic heterocycles. The zero-order chi connectivity index (χ0) is 11.1. The molecule has 2 aliphatic rings. The molecular formula is C13H19N3. The summed E-state index contributed by atoms with van der Waals surface area (Å²) < 4.78 is 0. The first-order chi connectivity index (χ1) is 7.74. The average Bonchev–Trinajstić information content (AvgIpc) is 3.13. The van der Waals surface area contributed by atoms with Crippen molar-refractivity contribution in [3.63, 3.8) is 0 Å². The molecule has 0 aliphatic heterocycles. The van der Waals surface area contributed by atoms with Crippen LogP contribution in [-0.4, -0.2) is 17.6 Å². The third-order valence-electron chi connectivity index (χ3n) is 3.55. The number of nitrogens with two attached hydrogens (primary N) is 1. The van der Waals surface area contributed by atoms with Gasteiger partial charge in [0.15, 0.2) is 0 Å². The van der Waals surface area contributed by atoms with Crippen LogP contribution in [0.1, 0.15) is 31.4 Å². The second kappa shape index (κ2) is 3.65. The van der Waals surface area contributed by atoms with Crippen LogP contribution >= 0.6 is 0 Å². The monoisotopic (exact) mass is 217 g/mol. The molecule has 0 atom stereocenters. The summed E-state index contributed by atoms with van der Waals surface area (Å²) in [7, 11) is 0. The quantitative estimate of drug-likeness (QED) is 0.841. The minimum Gasteiger partial charge on any atom is -0.397 e. The first kappa shape index (κ1) is 9.94. The highest BCUT2D eigenvalue weighted by Gasteiger charge is 2.34. The summed E-state index contributed by atoms with van der Waals surface area (Å²) in [4.78, 5) is 7.11. The molecule has 2 aliphatic carbocycles. The Hall–Kier alpha value is -1.25. The molecule has 16 heavy (non-hydrogen) atoms. The van der Waals surface area contributed by atoms with Crippen molar-refractivity contribution in [1.29, 1.82) is 0 Å². The van der Waals surface area contributed by atoms with Gasteiger partial charge in [0.2, 0.25) is 0 Å². The first-order valence-electron chi connectivity index (χ1n) is 6.24. The van der Waals surface area contributed by atoms with E-state index in [1.807, 2.05) is 13.0 Å². The smallest absolute Gasteiger partial charge is 0.129 e. The molecule has 3 heteroatoms. The van der Waals surface area contributed by atoms with E-state index in [2.05, 4.69) is 16.0 Å². The second-order valence-electron chi connectivity index (χ2n) is 5.17. The van der Waals surface area contributed by atoms with Gasteiger partial charge in [-0.3, -0.25) is 0 Å². The number of aryl methyl sites for hydroxylation is 1. The predicted molar refractivity (Wildman–Crippen MR) is 66.5 cm³/mol.